The number of rotatable bonds is 4. The molecule has 5 nitrogen and oxygen atoms in total. The fourth-order valence-corrected chi connectivity index (χ4v) is 1.63. The van der Waals surface area contributed by atoms with Gasteiger partial charge >= 0.3 is 0 Å². The predicted molar refractivity (Wildman–Crippen MR) is 63.9 cm³/mol. The molecule has 17 heavy (non-hydrogen) atoms. The first-order valence-corrected chi connectivity index (χ1v) is 5.17. The molecule has 0 aliphatic carbocycles. The van der Waals surface area contributed by atoms with E-state index in [9.17, 15) is 10.1 Å². The SMILES string of the molecule is Cc1cccc(NCc2ccoc2)c1[N+](=O)[O-]. The number of nitrogens with one attached hydrogen (secondary N) is 1. The topological polar surface area (TPSA) is 68.3 Å². The molecule has 5 heteroatoms. The molecule has 0 saturated heterocycles. The van der Waals surface area contributed by atoms with Crippen LogP contribution in [-0.4, -0.2) is 4.92 Å². The Bertz CT molecular complexity index is 521. The molecule has 1 aromatic carbocycles. The lowest BCUT2D eigenvalue weighted by Gasteiger charge is -2.07. The fraction of sp³-hybridized carbons (Fsp3) is 0.167. The summed E-state index contributed by atoms with van der Waals surface area (Å²) >= 11 is 0. The number of nitrogens with zero attached hydrogens (tertiary/aromatic N) is 1. The van der Waals surface area contributed by atoms with E-state index in [1.165, 1.54) is 0 Å². The Labute approximate surface area is 98.2 Å². The summed E-state index contributed by atoms with van der Waals surface area (Å²) in [6, 6.07) is 7.03. The maximum Gasteiger partial charge on any atom is 0.295 e. The summed E-state index contributed by atoms with van der Waals surface area (Å²) in [6.07, 6.45) is 3.18. The van der Waals surface area contributed by atoms with Gasteiger partial charge in [0.2, 0.25) is 0 Å². The van der Waals surface area contributed by atoms with E-state index in [1.54, 1.807) is 37.6 Å². The van der Waals surface area contributed by atoms with E-state index >= 15 is 0 Å². The molecule has 0 fully saturated rings. The average molecular weight is 232 g/mol. The second-order valence-electron chi connectivity index (χ2n) is 3.71. The van der Waals surface area contributed by atoms with Crippen molar-refractivity contribution in [1.29, 1.82) is 0 Å². The van der Waals surface area contributed by atoms with Crippen LogP contribution >= 0.6 is 0 Å². The van der Waals surface area contributed by atoms with Crippen molar-refractivity contribution < 1.29 is 9.34 Å². The van der Waals surface area contributed by atoms with Gasteiger partial charge in [-0.15, -0.1) is 0 Å². The maximum absolute atomic E-state index is 11.0. The monoisotopic (exact) mass is 232 g/mol. The number of para-hydroxylation sites is 1. The van der Waals surface area contributed by atoms with Crippen LogP contribution in [-0.2, 0) is 6.54 Å². The van der Waals surface area contributed by atoms with E-state index in [2.05, 4.69) is 5.32 Å². The first-order valence-electron chi connectivity index (χ1n) is 5.17. The standard InChI is InChI=1S/C12H12N2O3/c1-9-3-2-4-11(12(9)14(15)16)13-7-10-5-6-17-8-10/h2-6,8,13H,7H2,1H3. The first kappa shape index (κ1) is 11.2. The van der Waals surface area contributed by atoms with Gasteiger partial charge in [-0.2, -0.15) is 0 Å². The molecule has 2 aromatic rings. The van der Waals surface area contributed by atoms with Crippen molar-refractivity contribution in [3.8, 4) is 0 Å². The number of benzene rings is 1. The lowest BCUT2D eigenvalue weighted by molar-refractivity contribution is -0.384. The zero-order chi connectivity index (χ0) is 12.3. The van der Waals surface area contributed by atoms with Crippen LogP contribution in [0.2, 0.25) is 0 Å². The van der Waals surface area contributed by atoms with Crippen molar-refractivity contribution in [2.45, 2.75) is 13.5 Å². The number of anilines is 1. The van der Waals surface area contributed by atoms with Gasteiger partial charge in [-0.05, 0) is 19.1 Å². The van der Waals surface area contributed by atoms with Crippen LogP contribution in [0.25, 0.3) is 0 Å². The molecular weight excluding hydrogens is 220 g/mol. The Morgan fingerprint density at radius 2 is 2.24 bits per heavy atom. The smallest absolute Gasteiger partial charge is 0.295 e. The number of aryl methyl sites for hydroxylation is 1. The third kappa shape index (κ3) is 2.44. The first-order chi connectivity index (χ1) is 8.18. The zero-order valence-corrected chi connectivity index (χ0v) is 9.34. The van der Waals surface area contributed by atoms with E-state index in [1.807, 2.05) is 6.07 Å². The van der Waals surface area contributed by atoms with Gasteiger partial charge in [0.05, 0.1) is 17.4 Å². The van der Waals surface area contributed by atoms with Crippen LogP contribution < -0.4 is 5.32 Å². The minimum Gasteiger partial charge on any atom is -0.472 e. The van der Waals surface area contributed by atoms with Gasteiger partial charge in [0.1, 0.15) is 5.69 Å². The minimum atomic E-state index is -0.368. The van der Waals surface area contributed by atoms with Crippen molar-refractivity contribution in [2.24, 2.45) is 0 Å². The van der Waals surface area contributed by atoms with Gasteiger partial charge in [-0.1, -0.05) is 12.1 Å². The highest BCUT2D eigenvalue weighted by Gasteiger charge is 2.16. The molecule has 0 bridgehead atoms. The molecule has 2 rings (SSSR count). The van der Waals surface area contributed by atoms with Crippen molar-refractivity contribution in [1.82, 2.24) is 0 Å². The second kappa shape index (κ2) is 4.69. The van der Waals surface area contributed by atoms with E-state index < -0.39 is 0 Å². The van der Waals surface area contributed by atoms with Gasteiger partial charge in [0.25, 0.3) is 5.69 Å². The van der Waals surface area contributed by atoms with E-state index in [0.717, 1.165) is 5.56 Å². The summed E-state index contributed by atoms with van der Waals surface area (Å²) in [5.74, 6) is 0. The number of hydrogen-bond acceptors (Lipinski definition) is 4. The summed E-state index contributed by atoms with van der Waals surface area (Å²) < 4.78 is 4.93. The molecule has 1 aromatic heterocycles. The highest BCUT2D eigenvalue weighted by Crippen LogP contribution is 2.28. The predicted octanol–water partition coefficient (Wildman–Crippen LogP) is 3.11. The zero-order valence-electron chi connectivity index (χ0n) is 9.34. The lowest BCUT2D eigenvalue weighted by Crippen LogP contribution is -2.03. The van der Waals surface area contributed by atoms with Gasteiger partial charge in [0, 0.05) is 17.7 Å². The van der Waals surface area contributed by atoms with Gasteiger partial charge < -0.3 is 9.73 Å². The third-order valence-electron chi connectivity index (χ3n) is 2.48. The number of furan rings is 1. The van der Waals surface area contributed by atoms with Crippen LogP contribution in [0.4, 0.5) is 11.4 Å². The van der Waals surface area contributed by atoms with Crippen molar-refractivity contribution in [3.63, 3.8) is 0 Å². The van der Waals surface area contributed by atoms with Gasteiger partial charge in [0.15, 0.2) is 0 Å². The highest BCUT2D eigenvalue weighted by atomic mass is 16.6. The molecule has 0 radical (unpaired) electrons. The molecule has 1 N–H and O–H groups in total. The lowest BCUT2D eigenvalue weighted by atomic mass is 10.1. The number of nitro groups is 1. The van der Waals surface area contributed by atoms with Crippen LogP contribution in [0.15, 0.2) is 41.2 Å². The van der Waals surface area contributed by atoms with Gasteiger partial charge in [-0.25, -0.2) is 0 Å². The third-order valence-corrected chi connectivity index (χ3v) is 2.48. The molecule has 0 spiro atoms. The molecule has 0 aliphatic rings. The molecule has 0 aliphatic heterocycles. The Morgan fingerprint density at radius 3 is 2.88 bits per heavy atom. The normalized spacial score (nSPS) is 10.2. The maximum atomic E-state index is 11.0. The summed E-state index contributed by atoms with van der Waals surface area (Å²) in [4.78, 5) is 10.6. The summed E-state index contributed by atoms with van der Waals surface area (Å²) in [5.41, 5.74) is 2.24. The number of hydrogen-bond donors (Lipinski definition) is 1. The molecule has 0 atom stereocenters. The van der Waals surface area contributed by atoms with Crippen LogP contribution in [0.3, 0.4) is 0 Å². The quantitative estimate of drug-likeness (QED) is 0.649. The van der Waals surface area contributed by atoms with E-state index in [0.29, 0.717) is 17.8 Å². The minimum absolute atomic E-state index is 0.121. The summed E-state index contributed by atoms with van der Waals surface area (Å²) in [7, 11) is 0. The van der Waals surface area contributed by atoms with Crippen molar-refractivity contribution >= 4 is 11.4 Å². The van der Waals surface area contributed by atoms with Crippen molar-refractivity contribution in [3.05, 3.63) is 58.0 Å². The molecule has 1 heterocycles. The summed E-state index contributed by atoms with van der Waals surface area (Å²) in [5, 5.41) is 14.0. The Kier molecular flexibility index (Phi) is 3.09. The molecule has 0 unspecified atom stereocenters. The Hall–Kier alpha value is -2.30. The average Bonchev–Trinajstić information content (AvgIpc) is 2.78. The van der Waals surface area contributed by atoms with Crippen LogP contribution in [0.1, 0.15) is 11.1 Å². The van der Waals surface area contributed by atoms with Crippen LogP contribution in [0.5, 0.6) is 0 Å². The Morgan fingerprint density at radius 1 is 1.41 bits per heavy atom. The van der Waals surface area contributed by atoms with Gasteiger partial charge in [-0.3, -0.25) is 10.1 Å². The second-order valence-corrected chi connectivity index (χ2v) is 3.71. The Balaban J connectivity index is 2.21. The van der Waals surface area contributed by atoms with Crippen LogP contribution in [0, 0.1) is 17.0 Å². The molecular formula is C12H12N2O3. The van der Waals surface area contributed by atoms with Crippen molar-refractivity contribution in [2.75, 3.05) is 5.32 Å². The van der Waals surface area contributed by atoms with E-state index in [-0.39, 0.29) is 10.6 Å². The molecule has 0 saturated carbocycles. The highest BCUT2D eigenvalue weighted by molar-refractivity contribution is 5.65. The van der Waals surface area contributed by atoms with E-state index in [4.69, 9.17) is 4.42 Å². The summed E-state index contributed by atoms with van der Waals surface area (Å²) in [6.45, 7) is 2.22. The molecule has 0 amide bonds. The largest absolute Gasteiger partial charge is 0.472 e. The molecule has 88 valence electrons. The number of nitro benzene ring substituents is 1. The fourth-order valence-electron chi connectivity index (χ4n) is 1.63.